The lowest BCUT2D eigenvalue weighted by molar-refractivity contribution is 0.381. The summed E-state index contributed by atoms with van der Waals surface area (Å²) in [5.41, 5.74) is 1.43. The Kier molecular flexibility index (Phi) is 8.82. The van der Waals surface area contributed by atoms with Gasteiger partial charge in [-0.1, -0.05) is 36.4 Å². The Labute approximate surface area is 123 Å². The van der Waals surface area contributed by atoms with Crippen molar-refractivity contribution >= 4 is 10.4 Å². The Morgan fingerprint density at radius 3 is 1.10 bits per heavy atom. The number of rotatable bonds is 0. The molecule has 0 aliphatic heterocycles. The van der Waals surface area contributed by atoms with Crippen molar-refractivity contribution in [1.82, 2.24) is 0 Å². The van der Waals surface area contributed by atoms with Gasteiger partial charge >= 0.3 is 10.4 Å². The van der Waals surface area contributed by atoms with Gasteiger partial charge in [0.1, 0.15) is 0 Å². The van der Waals surface area contributed by atoms with E-state index in [9.17, 15) is 0 Å². The van der Waals surface area contributed by atoms with Crippen LogP contribution in [0.1, 0.15) is 11.1 Å². The highest BCUT2D eigenvalue weighted by Crippen LogP contribution is 1.93. The second-order valence-electron chi connectivity index (χ2n) is 3.40. The molecule has 0 amide bonds. The first-order valence-corrected chi connectivity index (χ1v) is 6.86. The zero-order chi connectivity index (χ0) is 16.1. The first kappa shape index (κ1) is 18.3. The summed E-state index contributed by atoms with van der Waals surface area (Å²) in [4.78, 5) is 0. The Morgan fingerprint density at radius 1 is 0.714 bits per heavy atom. The van der Waals surface area contributed by atoms with Crippen molar-refractivity contribution in [2.24, 2.45) is 0 Å². The molecule has 0 atom stereocenters. The highest BCUT2D eigenvalue weighted by molar-refractivity contribution is 7.79. The molecule has 0 aliphatic carbocycles. The van der Waals surface area contributed by atoms with Gasteiger partial charge < -0.3 is 0 Å². The standard InChI is InChI=1S/2C7H5N.H2O4S/c2*8-6-7-4-2-1-3-5-7;1-5(2,3)4/h2*1-5H;(H2,1,2,3,4). The molecule has 0 saturated heterocycles. The summed E-state index contributed by atoms with van der Waals surface area (Å²) in [7, 11) is -4.67. The SMILES string of the molecule is N#Cc1ccccc1.N#Cc1ccccc1.O=S(=O)(O)O. The molecule has 0 fully saturated rings. The molecule has 0 aromatic heterocycles. The minimum absolute atomic E-state index is 0.715. The van der Waals surface area contributed by atoms with Crippen LogP contribution < -0.4 is 0 Å². The van der Waals surface area contributed by atoms with Crippen LogP contribution in [0.25, 0.3) is 0 Å². The monoisotopic (exact) mass is 304 g/mol. The quantitative estimate of drug-likeness (QED) is 0.721. The number of benzene rings is 2. The minimum Gasteiger partial charge on any atom is -0.264 e. The molecule has 0 spiro atoms. The van der Waals surface area contributed by atoms with Gasteiger partial charge in [0.05, 0.1) is 23.3 Å². The minimum atomic E-state index is -4.67. The summed E-state index contributed by atoms with van der Waals surface area (Å²) in [6, 6.07) is 22.3. The maximum absolute atomic E-state index is 8.74. The zero-order valence-electron chi connectivity index (χ0n) is 10.8. The second-order valence-corrected chi connectivity index (χ2v) is 4.30. The Hall–Kier alpha value is -2.71. The van der Waals surface area contributed by atoms with E-state index in [4.69, 9.17) is 28.0 Å². The third-order valence-electron chi connectivity index (χ3n) is 1.81. The van der Waals surface area contributed by atoms with E-state index in [-0.39, 0.29) is 0 Å². The molecule has 7 heteroatoms. The van der Waals surface area contributed by atoms with Crippen LogP contribution in [0.15, 0.2) is 60.7 Å². The van der Waals surface area contributed by atoms with Crippen molar-refractivity contribution in [3.63, 3.8) is 0 Å². The van der Waals surface area contributed by atoms with Gasteiger partial charge in [0.2, 0.25) is 0 Å². The summed E-state index contributed by atoms with van der Waals surface area (Å²) in [6.45, 7) is 0. The fourth-order valence-electron chi connectivity index (χ4n) is 1.03. The predicted molar refractivity (Wildman–Crippen MR) is 76.5 cm³/mol. The molecule has 108 valence electrons. The lowest BCUT2D eigenvalue weighted by Crippen LogP contribution is -1.89. The van der Waals surface area contributed by atoms with E-state index in [0.29, 0.717) is 11.1 Å². The molecule has 0 bridgehead atoms. The molecular weight excluding hydrogens is 292 g/mol. The van der Waals surface area contributed by atoms with Crippen molar-refractivity contribution < 1.29 is 17.5 Å². The van der Waals surface area contributed by atoms with Crippen molar-refractivity contribution in [2.75, 3.05) is 0 Å². The first-order chi connectivity index (χ1) is 9.86. The fraction of sp³-hybridized carbons (Fsp3) is 0. The summed E-state index contributed by atoms with van der Waals surface area (Å²) >= 11 is 0. The van der Waals surface area contributed by atoms with Crippen molar-refractivity contribution in [2.45, 2.75) is 0 Å². The van der Waals surface area contributed by atoms with Crippen molar-refractivity contribution in [3.05, 3.63) is 71.8 Å². The van der Waals surface area contributed by atoms with Gasteiger partial charge in [0, 0.05) is 0 Å². The van der Waals surface area contributed by atoms with Gasteiger partial charge in [-0.25, -0.2) is 0 Å². The average Bonchev–Trinajstić information content (AvgIpc) is 2.48. The molecular formula is C14H12N2O4S. The normalized spacial score (nSPS) is 8.76. The molecule has 6 nitrogen and oxygen atoms in total. The third-order valence-corrected chi connectivity index (χ3v) is 1.81. The molecule has 2 rings (SSSR count). The fourth-order valence-corrected chi connectivity index (χ4v) is 1.03. The molecule has 2 N–H and O–H groups in total. The van der Waals surface area contributed by atoms with E-state index in [1.165, 1.54) is 0 Å². The van der Waals surface area contributed by atoms with E-state index >= 15 is 0 Å². The Morgan fingerprint density at radius 2 is 0.952 bits per heavy atom. The van der Waals surface area contributed by atoms with Crippen LogP contribution in [-0.4, -0.2) is 17.5 Å². The second kappa shape index (κ2) is 10.1. The van der Waals surface area contributed by atoms with Gasteiger partial charge in [-0.15, -0.1) is 0 Å². The van der Waals surface area contributed by atoms with Gasteiger partial charge in [-0.2, -0.15) is 18.9 Å². The van der Waals surface area contributed by atoms with E-state index in [1.54, 1.807) is 24.3 Å². The highest BCUT2D eigenvalue weighted by atomic mass is 32.3. The lowest BCUT2D eigenvalue weighted by atomic mass is 10.2. The molecule has 0 heterocycles. The summed E-state index contributed by atoms with van der Waals surface area (Å²) < 4.78 is 31.6. The largest absolute Gasteiger partial charge is 0.394 e. The Bertz CT molecular complexity index is 645. The van der Waals surface area contributed by atoms with E-state index in [1.807, 2.05) is 48.5 Å². The number of hydrogen-bond donors (Lipinski definition) is 2. The van der Waals surface area contributed by atoms with Crippen molar-refractivity contribution in [1.29, 1.82) is 10.5 Å². The van der Waals surface area contributed by atoms with Gasteiger partial charge in [0.25, 0.3) is 0 Å². The van der Waals surface area contributed by atoms with Crippen LogP contribution in [-0.2, 0) is 10.4 Å². The molecule has 21 heavy (non-hydrogen) atoms. The van der Waals surface area contributed by atoms with Crippen molar-refractivity contribution in [3.8, 4) is 12.1 Å². The van der Waals surface area contributed by atoms with E-state index in [2.05, 4.69) is 0 Å². The van der Waals surface area contributed by atoms with Gasteiger partial charge in [-0.3, -0.25) is 9.11 Å². The molecule has 0 unspecified atom stereocenters. The van der Waals surface area contributed by atoms with Crippen LogP contribution in [0, 0.1) is 22.7 Å². The zero-order valence-corrected chi connectivity index (χ0v) is 11.6. The predicted octanol–water partition coefficient (Wildman–Crippen LogP) is 2.46. The van der Waals surface area contributed by atoms with Crippen LogP contribution >= 0.6 is 0 Å². The Balaban J connectivity index is 0.000000296. The van der Waals surface area contributed by atoms with Crippen LogP contribution in [0.4, 0.5) is 0 Å². The summed E-state index contributed by atoms with van der Waals surface area (Å²) in [6.07, 6.45) is 0. The highest BCUT2D eigenvalue weighted by Gasteiger charge is 1.84. The number of nitriles is 2. The summed E-state index contributed by atoms with van der Waals surface area (Å²) in [5.74, 6) is 0. The molecule has 0 radical (unpaired) electrons. The lowest BCUT2D eigenvalue weighted by Gasteiger charge is -1.80. The molecule has 2 aromatic rings. The average molecular weight is 304 g/mol. The topological polar surface area (TPSA) is 122 Å². The van der Waals surface area contributed by atoms with Crippen LogP contribution in [0.5, 0.6) is 0 Å². The smallest absolute Gasteiger partial charge is 0.264 e. The first-order valence-electron chi connectivity index (χ1n) is 5.47. The maximum Gasteiger partial charge on any atom is 0.394 e. The molecule has 0 saturated carbocycles. The van der Waals surface area contributed by atoms with Crippen LogP contribution in [0.3, 0.4) is 0 Å². The molecule has 0 aliphatic rings. The van der Waals surface area contributed by atoms with Gasteiger partial charge in [0.15, 0.2) is 0 Å². The van der Waals surface area contributed by atoms with E-state index in [0.717, 1.165) is 0 Å². The van der Waals surface area contributed by atoms with Crippen LogP contribution in [0.2, 0.25) is 0 Å². The summed E-state index contributed by atoms with van der Waals surface area (Å²) in [5, 5.41) is 16.6. The van der Waals surface area contributed by atoms with E-state index < -0.39 is 10.4 Å². The molecule has 2 aromatic carbocycles. The number of hydrogen-bond acceptors (Lipinski definition) is 4. The van der Waals surface area contributed by atoms with Gasteiger partial charge in [-0.05, 0) is 24.3 Å². The number of nitrogens with zero attached hydrogens (tertiary/aromatic N) is 2. The maximum atomic E-state index is 8.74. The third kappa shape index (κ3) is 13.5.